The molecule has 1 atom stereocenters. The van der Waals surface area contributed by atoms with Crippen LogP contribution in [0.25, 0.3) is 0 Å². The Labute approximate surface area is 91.4 Å². The van der Waals surface area contributed by atoms with Gasteiger partial charge in [-0.05, 0) is 12.1 Å². The van der Waals surface area contributed by atoms with Gasteiger partial charge in [0, 0.05) is 11.1 Å². The molecule has 1 aromatic rings. The highest BCUT2D eigenvalue weighted by atomic mass is 35.5. The number of thiophene rings is 1. The SMILES string of the molecule is CS(=O)(=O)CC(Cl)c1ccc(Cl)s1. The average molecular weight is 259 g/mol. The number of hydrogen-bond acceptors (Lipinski definition) is 3. The molecule has 13 heavy (non-hydrogen) atoms. The molecule has 0 bridgehead atoms. The minimum absolute atomic E-state index is 0.0502. The van der Waals surface area contributed by atoms with E-state index < -0.39 is 15.2 Å². The van der Waals surface area contributed by atoms with Crippen molar-refractivity contribution >= 4 is 44.4 Å². The van der Waals surface area contributed by atoms with Crippen molar-refractivity contribution in [1.29, 1.82) is 0 Å². The summed E-state index contributed by atoms with van der Waals surface area (Å²) in [5, 5.41) is -0.493. The van der Waals surface area contributed by atoms with Gasteiger partial charge in [0.2, 0.25) is 0 Å². The average Bonchev–Trinajstić information content (AvgIpc) is 2.31. The van der Waals surface area contributed by atoms with Crippen LogP contribution in [-0.2, 0) is 9.84 Å². The standard InChI is InChI=1S/C7H8Cl2O2S2/c1-13(10,11)4-5(8)6-2-3-7(9)12-6/h2-3,5H,4H2,1H3. The second-order valence-electron chi connectivity index (χ2n) is 2.70. The Kier molecular flexibility index (Phi) is 3.63. The molecule has 0 amide bonds. The highest BCUT2D eigenvalue weighted by Crippen LogP contribution is 2.31. The van der Waals surface area contributed by atoms with Gasteiger partial charge in [0.1, 0.15) is 9.84 Å². The fourth-order valence-corrected chi connectivity index (χ4v) is 3.59. The summed E-state index contributed by atoms with van der Waals surface area (Å²) < 4.78 is 22.4. The van der Waals surface area contributed by atoms with Gasteiger partial charge in [-0.25, -0.2) is 8.42 Å². The van der Waals surface area contributed by atoms with Crippen LogP contribution in [0, 0.1) is 0 Å². The number of alkyl halides is 1. The van der Waals surface area contributed by atoms with E-state index in [1.807, 2.05) is 0 Å². The molecule has 0 aromatic carbocycles. The fraction of sp³-hybridized carbons (Fsp3) is 0.429. The summed E-state index contributed by atoms with van der Waals surface area (Å²) in [7, 11) is -3.03. The third kappa shape index (κ3) is 3.85. The molecule has 0 N–H and O–H groups in total. The van der Waals surface area contributed by atoms with E-state index in [2.05, 4.69) is 0 Å². The predicted octanol–water partition coefficient (Wildman–Crippen LogP) is 2.73. The summed E-state index contributed by atoms with van der Waals surface area (Å²) in [6.07, 6.45) is 1.16. The lowest BCUT2D eigenvalue weighted by Crippen LogP contribution is -2.07. The first kappa shape index (κ1) is 11.3. The molecule has 74 valence electrons. The summed E-state index contributed by atoms with van der Waals surface area (Å²) in [5.74, 6) is -0.0502. The molecule has 2 nitrogen and oxygen atoms in total. The van der Waals surface area contributed by atoms with E-state index in [0.717, 1.165) is 11.1 Å². The monoisotopic (exact) mass is 258 g/mol. The molecule has 1 heterocycles. The predicted molar refractivity (Wildman–Crippen MR) is 57.6 cm³/mol. The number of sulfone groups is 1. The lowest BCUT2D eigenvalue weighted by molar-refractivity contribution is 0.600. The minimum Gasteiger partial charge on any atom is -0.229 e. The van der Waals surface area contributed by atoms with E-state index >= 15 is 0 Å². The molecule has 0 aliphatic rings. The number of halogens is 2. The van der Waals surface area contributed by atoms with Crippen LogP contribution in [-0.4, -0.2) is 20.4 Å². The van der Waals surface area contributed by atoms with E-state index in [0.29, 0.717) is 4.34 Å². The summed E-state index contributed by atoms with van der Waals surface area (Å²) in [6.45, 7) is 0. The first-order chi connectivity index (χ1) is 5.88. The Morgan fingerprint density at radius 2 is 2.15 bits per heavy atom. The van der Waals surface area contributed by atoms with Gasteiger partial charge in [-0.3, -0.25) is 0 Å². The molecule has 0 saturated heterocycles. The maximum absolute atomic E-state index is 10.9. The Morgan fingerprint density at radius 3 is 2.54 bits per heavy atom. The van der Waals surface area contributed by atoms with Crippen molar-refractivity contribution in [3.8, 4) is 0 Å². The van der Waals surface area contributed by atoms with Crippen molar-refractivity contribution in [3.05, 3.63) is 21.3 Å². The van der Waals surface area contributed by atoms with Crippen LogP contribution in [0.4, 0.5) is 0 Å². The minimum atomic E-state index is -3.03. The maximum atomic E-state index is 10.9. The molecule has 0 saturated carbocycles. The molecule has 1 aromatic heterocycles. The van der Waals surface area contributed by atoms with Gasteiger partial charge in [-0.15, -0.1) is 22.9 Å². The molecule has 0 radical (unpaired) electrons. The smallest absolute Gasteiger partial charge is 0.149 e. The van der Waals surface area contributed by atoms with Crippen molar-refractivity contribution in [2.75, 3.05) is 12.0 Å². The molecular weight excluding hydrogens is 251 g/mol. The van der Waals surface area contributed by atoms with E-state index in [9.17, 15) is 8.42 Å². The van der Waals surface area contributed by atoms with Gasteiger partial charge in [-0.2, -0.15) is 0 Å². The van der Waals surface area contributed by atoms with Crippen LogP contribution in [0.5, 0.6) is 0 Å². The van der Waals surface area contributed by atoms with Crippen molar-refractivity contribution in [2.45, 2.75) is 5.38 Å². The van der Waals surface area contributed by atoms with Crippen molar-refractivity contribution in [1.82, 2.24) is 0 Å². The summed E-state index contributed by atoms with van der Waals surface area (Å²) in [6, 6.07) is 3.45. The van der Waals surface area contributed by atoms with Crippen LogP contribution in [0.1, 0.15) is 10.3 Å². The van der Waals surface area contributed by atoms with Crippen LogP contribution in [0.2, 0.25) is 4.34 Å². The Morgan fingerprint density at radius 1 is 1.54 bits per heavy atom. The Balaban J connectivity index is 2.75. The van der Waals surface area contributed by atoms with Gasteiger partial charge in [0.05, 0.1) is 15.5 Å². The van der Waals surface area contributed by atoms with Crippen molar-refractivity contribution < 1.29 is 8.42 Å². The second kappa shape index (κ2) is 4.17. The summed E-state index contributed by atoms with van der Waals surface area (Å²) >= 11 is 12.9. The summed E-state index contributed by atoms with van der Waals surface area (Å²) in [5.41, 5.74) is 0. The van der Waals surface area contributed by atoms with E-state index in [-0.39, 0.29) is 5.75 Å². The zero-order valence-electron chi connectivity index (χ0n) is 6.83. The number of hydrogen-bond donors (Lipinski definition) is 0. The van der Waals surface area contributed by atoms with Crippen LogP contribution in [0.3, 0.4) is 0 Å². The fourth-order valence-electron chi connectivity index (χ4n) is 0.845. The molecular formula is C7H8Cl2O2S2. The lowest BCUT2D eigenvalue weighted by Gasteiger charge is -2.03. The molecule has 0 aliphatic carbocycles. The van der Waals surface area contributed by atoms with E-state index in [1.54, 1.807) is 12.1 Å². The van der Waals surface area contributed by atoms with Gasteiger partial charge in [0.15, 0.2) is 0 Å². The van der Waals surface area contributed by atoms with Gasteiger partial charge >= 0.3 is 0 Å². The lowest BCUT2D eigenvalue weighted by atomic mass is 10.4. The van der Waals surface area contributed by atoms with E-state index in [1.165, 1.54) is 11.3 Å². The van der Waals surface area contributed by atoms with Gasteiger partial charge in [-0.1, -0.05) is 11.6 Å². The van der Waals surface area contributed by atoms with Gasteiger partial charge < -0.3 is 0 Å². The third-order valence-corrected chi connectivity index (χ3v) is 4.34. The third-order valence-electron chi connectivity index (χ3n) is 1.35. The Bertz CT molecular complexity index is 383. The zero-order valence-corrected chi connectivity index (χ0v) is 9.97. The quantitative estimate of drug-likeness (QED) is 0.782. The topological polar surface area (TPSA) is 34.1 Å². The first-order valence-electron chi connectivity index (χ1n) is 3.45. The van der Waals surface area contributed by atoms with Crippen LogP contribution < -0.4 is 0 Å². The normalized spacial score (nSPS) is 14.4. The largest absolute Gasteiger partial charge is 0.229 e. The van der Waals surface area contributed by atoms with Crippen LogP contribution in [0.15, 0.2) is 12.1 Å². The molecule has 1 rings (SSSR count). The van der Waals surface area contributed by atoms with Crippen molar-refractivity contribution in [2.24, 2.45) is 0 Å². The Hall–Kier alpha value is 0.230. The zero-order chi connectivity index (χ0) is 10.1. The molecule has 1 unspecified atom stereocenters. The molecule has 0 fully saturated rings. The summed E-state index contributed by atoms with van der Waals surface area (Å²) in [4.78, 5) is 0.789. The van der Waals surface area contributed by atoms with Crippen LogP contribution >= 0.6 is 34.5 Å². The van der Waals surface area contributed by atoms with E-state index in [4.69, 9.17) is 23.2 Å². The number of rotatable bonds is 3. The molecule has 0 spiro atoms. The molecule has 0 aliphatic heterocycles. The highest BCUT2D eigenvalue weighted by Gasteiger charge is 2.16. The van der Waals surface area contributed by atoms with Gasteiger partial charge in [0.25, 0.3) is 0 Å². The second-order valence-corrected chi connectivity index (χ2v) is 7.16. The first-order valence-corrected chi connectivity index (χ1v) is 7.14. The van der Waals surface area contributed by atoms with Crippen molar-refractivity contribution in [3.63, 3.8) is 0 Å². The maximum Gasteiger partial charge on any atom is 0.149 e. The molecule has 6 heteroatoms. The highest BCUT2D eigenvalue weighted by molar-refractivity contribution is 7.90.